The van der Waals surface area contributed by atoms with Gasteiger partial charge in [-0.2, -0.15) is 0 Å². The molecule has 0 unspecified atom stereocenters. The Bertz CT molecular complexity index is 1080. The second-order valence-electron chi connectivity index (χ2n) is 6.27. The minimum atomic E-state index is -1.11. The third-order valence-electron chi connectivity index (χ3n) is 4.05. The van der Waals surface area contributed by atoms with Gasteiger partial charge in [0.2, 0.25) is 5.16 Å². The summed E-state index contributed by atoms with van der Waals surface area (Å²) < 4.78 is 5.76. The molecule has 29 heavy (non-hydrogen) atoms. The highest BCUT2D eigenvalue weighted by Crippen LogP contribution is 2.30. The van der Waals surface area contributed by atoms with E-state index in [1.807, 2.05) is 6.92 Å². The molecule has 0 radical (unpaired) electrons. The zero-order chi connectivity index (χ0) is 21.0. The number of benzene rings is 1. The van der Waals surface area contributed by atoms with E-state index in [0.29, 0.717) is 22.5 Å². The maximum Gasteiger partial charge on any atom is 0.342 e. The summed E-state index contributed by atoms with van der Waals surface area (Å²) in [7, 11) is 0. The van der Waals surface area contributed by atoms with Crippen LogP contribution in [0.5, 0.6) is 0 Å². The van der Waals surface area contributed by atoms with Gasteiger partial charge in [0, 0.05) is 18.1 Å². The first-order valence-electron chi connectivity index (χ1n) is 8.85. The van der Waals surface area contributed by atoms with Crippen molar-refractivity contribution < 1.29 is 24.2 Å². The number of aromatic amines is 1. The Morgan fingerprint density at radius 1 is 1.24 bits per heavy atom. The molecule has 0 spiro atoms. The number of nitrogens with zero attached hydrogens (tertiary/aromatic N) is 2. The number of carbonyl (C=O) groups is 2. The molecule has 8 nitrogen and oxygen atoms in total. The smallest absolute Gasteiger partial charge is 0.342 e. The summed E-state index contributed by atoms with van der Waals surface area (Å²) >= 11 is 0.935. The lowest BCUT2D eigenvalue weighted by molar-refractivity contribution is -0.131. The van der Waals surface area contributed by atoms with Crippen molar-refractivity contribution in [3.8, 4) is 11.3 Å². The summed E-state index contributed by atoms with van der Waals surface area (Å²) in [4.78, 5) is 27.0. The lowest BCUT2D eigenvalue weighted by atomic mass is 10.0. The highest BCUT2D eigenvalue weighted by molar-refractivity contribution is 8.04. The van der Waals surface area contributed by atoms with Crippen LogP contribution in [0.1, 0.15) is 40.9 Å². The molecule has 2 heterocycles. The Balaban J connectivity index is 1.84. The number of carboxylic acids is 2. The van der Waals surface area contributed by atoms with E-state index in [1.54, 1.807) is 31.2 Å². The second kappa shape index (κ2) is 8.78. The van der Waals surface area contributed by atoms with E-state index < -0.39 is 11.9 Å². The number of aromatic carboxylic acids is 1. The van der Waals surface area contributed by atoms with Gasteiger partial charge < -0.3 is 14.6 Å². The van der Waals surface area contributed by atoms with Gasteiger partial charge in [-0.05, 0) is 54.9 Å². The van der Waals surface area contributed by atoms with Crippen LogP contribution in [0.15, 0.2) is 44.8 Å². The predicted octanol–water partition coefficient (Wildman–Crippen LogP) is 4.24. The molecule has 0 aliphatic heterocycles. The summed E-state index contributed by atoms with van der Waals surface area (Å²) in [5.74, 6) is -0.531. The number of carboxylic acid groups (broad SMARTS) is 2. The molecule has 0 fully saturated rings. The fourth-order valence-electron chi connectivity index (χ4n) is 2.68. The minimum absolute atomic E-state index is 0.0193. The number of furan rings is 1. The maximum absolute atomic E-state index is 11.6. The van der Waals surface area contributed by atoms with Gasteiger partial charge in [0.25, 0.3) is 0 Å². The van der Waals surface area contributed by atoms with Crippen molar-refractivity contribution in [2.24, 2.45) is 0 Å². The second-order valence-corrected chi connectivity index (χ2v) is 7.28. The number of rotatable bonds is 8. The number of hydrogen-bond donors (Lipinski definition) is 3. The Hall–Kier alpha value is -3.33. The van der Waals surface area contributed by atoms with Crippen molar-refractivity contribution >= 4 is 29.8 Å². The van der Waals surface area contributed by atoms with Crippen LogP contribution in [0.25, 0.3) is 17.4 Å². The van der Waals surface area contributed by atoms with Gasteiger partial charge in [0.1, 0.15) is 22.3 Å². The van der Waals surface area contributed by atoms with Crippen LogP contribution >= 0.6 is 11.8 Å². The van der Waals surface area contributed by atoms with E-state index in [1.165, 1.54) is 12.1 Å². The molecule has 1 aromatic carbocycles. The molecule has 9 heteroatoms. The van der Waals surface area contributed by atoms with Crippen LogP contribution in [-0.2, 0) is 11.2 Å². The monoisotopic (exact) mass is 413 g/mol. The highest BCUT2D eigenvalue weighted by Gasteiger charge is 2.16. The molecular weight excluding hydrogens is 394 g/mol. The Morgan fingerprint density at radius 3 is 2.69 bits per heavy atom. The number of H-pyrrole nitrogens is 1. The maximum atomic E-state index is 11.6. The average molecular weight is 413 g/mol. The highest BCUT2D eigenvalue weighted by atomic mass is 32.2. The Labute approximate surface area is 170 Å². The Morgan fingerprint density at radius 2 is 2.03 bits per heavy atom. The third-order valence-corrected chi connectivity index (χ3v) is 4.93. The minimum Gasteiger partial charge on any atom is -0.478 e. The summed E-state index contributed by atoms with van der Waals surface area (Å²) in [6.07, 6.45) is 3.05. The van der Waals surface area contributed by atoms with E-state index in [2.05, 4.69) is 15.2 Å². The number of aryl methyl sites for hydroxylation is 2. The quantitative estimate of drug-likeness (QED) is 0.369. The summed E-state index contributed by atoms with van der Waals surface area (Å²) in [5.41, 5.74) is 1.67. The van der Waals surface area contributed by atoms with Crippen LogP contribution in [0.2, 0.25) is 0 Å². The van der Waals surface area contributed by atoms with Gasteiger partial charge in [0.05, 0.1) is 5.56 Å². The first kappa shape index (κ1) is 20.4. The number of aromatic nitrogens is 3. The largest absolute Gasteiger partial charge is 0.478 e. The molecule has 3 rings (SSSR count). The Kier molecular flexibility index (Phi) is 6.18. The van der Waals surface area contributed by atoms with Crippen LogP contribution in [0, 0.1) is 6.92 Å². The van der Waals surface area contributed by atoms with Crippen molar-refractivity contribution in [3.05, 3.63) is 57.9 Å². The van der Waals surface area contributed by atoms with Crippen molar-refractivity contribution in [1.29, 1.82) is 0 Å². The molecule has 150 valence electrons. The van der Waals surface area contributed by atoms with E-state index in [0.717, 1.165) is 35.7 Å². The molecule has 3 N–H and O–H groups in total. The topological polar surface area (TPSA) is 129 Å². The van der Waals surface area contributed by atoms with E-state index in [9.17, 15) is 14.7 Å². The number of thioether (sulfide) groups is 1. The number of hydrogen-bond acceptors (Lipinski definition) is 6. The van der Waals surface area contributed by atoms with E-state index >= 15 is 0 Å². The lowest BCUT2D eigenvalue weighted by Crippen LogP contribution is -1.97. The van der Waals surface area contributed by atoms with Gasteiger partial charge >= 0.3 is 11.9 Å². The standard InChI is InChI=1S/C20H19N3O5S/c1-3-4-17-21-20(23-22-17)29-16(19(26)27)10-13-6-8-15(28-13)14-7-5-12(18(24)25)9-11(14)2/h5-10H,3-4H2,1-2H3,(H,24,25)(H,26,27)(H,21,22,23)/b16-10-. The first-order valence-corrected chi connectivity index (χ1v) is 9.67. The van der Waals surface area contributed by atoms with Crippen LogP contribution in [0.4, 0.5) is 0 Å². The summed E-state index contributed by atoms with van der Waals surface area (Å²) in [6.45, 7) is 3.80. The van der Waals surface area contributed by atoms with Crippen molar-refractivity contribution in [3.63, 3.8) is 0 Å². The van der Waals surface area contributed by atoms with Gasteiger partial charge in [-0.15, -0.1) is 5.10 Å². The molecule has 0 aliphatic carbocycles. The zero-order valence-electron chi connectivity index (χ0n) is 15.8. The average Bonchev–Trinajstić information content (AvgIpc) is 3.31. The van der Waals surface area contributed by atoms with Crippen molar-refractivity contribution in [1.82, 2.24) is 15.2 Å². The zero-order valence-corrected chi connectivity index (χ0v) is 16.6. The molecule has 0 amide bonds. The normalized spacial score (nSPS) is 11.6. The molecule has 0 aliphatic rings. The SMILES string of the molecule is CCCc1nc(S/C(=C\c2ccc(-c3ccc(C(=O)O)cc3C)o2)C(=O)O)n[nH]1. The molecule has 2 aromatic heterocycles. The van der Waals surface area contributed by atoms with Crippen molar-refractivity contribution in [2.45, 2.75) is 31.8 Å². The molecule has 0 saturated carbocycles. The van der Waals surface area contributed by atoms with Crippen LogP contribution < -0.4 is 0 Å². The van der Waals surface area contributed by atoms with Gasteiger partial charge in [-0.1, -0.05) is 13.0 Å². The summed E-state index contributed by atoms with van der Waals surface area (Å²) in [6, 6.07) is 8.10. The summed E-state index contributed by atoms with van der Waals surface area (Å²) in [5, 5.41) is 25.7. The van der Waals surface area contributed by atoms with Crippen LogP contribution in [-0.4, -0.2) is 37.3 Å². The van der Waals surface area contributed by atoms with Crippen molar-refractivity contribution in [2.75, 3.05) is 0 Å². The number of nitrogens with one attached hydrogen (secondary N) is 1. The molecule has 0 atom stereocenters. The fraction of sp³-hybridized carbons (Fsp3) is 0.200. The molecule has 0 bridgehead atoms. The lowest BCUT2D eigenvalue weighted by Gasteiger charge is -2.04. The van der Waals surface area contributed by atoms with E-state index in [-0.39, 0.29) is 10.5 Å². The molecule has 3 aromatic rings. The van der Waals surface area contributed by atoms with E-state index in [4.69, 9.17) is 9.52 Å². The van der Waals surface area contributed by atoms with Crippen LogP contribution in [0.3, 0.4) is 0 Å². The number of aliphatic carboxylic acids is 1. The van der Waals surface area contributed by atoms with Gasteiger partial charge in [-0.3, -0.25) is 5.10 Å². The third kappa shape index (κ3) is 4.94. The van der Waals surface area contributed by atoms with Gasteiger partial charge in [-0.25, -0.2) is 14.6 Å². The first-order chi connectivity index (χ1) is 13.9. The fourth-order valence-corrected chi connectivity index (χ4v) is 3.39. The van der Waals surface area contributed by atoms with Gasteiger partial charge in [0.15, 0.2) is 0 Å². The molecular formula is C20H19N3O5S. The predicted molar refractivity (Wildman–Crippen MR) is 108 cm³/mol. The molecule has 0 saturated heterocycles.